The van der Waals surface area contributed by atoms with Gasteiger partial charge in [0, 0.05) is 23.5 Å². The first-order valence-corrected chi connectivity index (χ1v) is 10.1. The van der Waals surface area contributed by atoms with E-state index in [-0.39, 0.29) is 18.4 Å². The third kappa shape index (κ3) is 6.00. The van der Waals surface area contributed by atoms with Crippen LogP contribution in [0.5, 0.6) is 0 Å². The molecule has 154 valence electrons. The molecule has 0 aliphatic carbocycles. The molecule has 0 aliphatic heterocycles. The second-order valence-electron chi connectivity index (χ2n) is 6.79. The van der Waals surface area contributed by atoms with Crippen molar-refractivity contribution in [1.29, 1.82) is 0 Å². The van der Waals surface area contributed by atoms with E-state index in [2.05, 4.69) is 10.6 Å². The first-order chi connectivity index (χ1) is 14.4. The maximum atomic E-state index is 12.3. The summed E-state index contributed by atoms with van der Waals surface area (Å²) in [5, 5.41) is 7.49. The number of primary amides is 1. The smallest absolute Gasteiger partial charge is 0.265 e. The zero-order chi connectivity index (χ0) is 21.5. The van der Waals surface area contributed by atoms with Gasteiger partial charge in [-0.15, -0.1) is 11.3 Å². The third-order valence-electron chi connectivity index (χ3n) is 4.25. The largest absolute Gasteiger partial charge is 0.366 e. The van der Waals surface area contributed by atoms with E-state index >= 15 is 0 Å². The predicted octanol–water partition coefficient (Wildman–Crippen LogP) is 3.17. The van der Waals surface area contributed by atoms with Gasteiger partial charge in [-0.05, 0) is 60.5 Å². The van der Waals surface area contributed by atoms with E-state index in [0.717, 1.165) is 5.56 Å². The van der Waals surface area contributed by atoms with Gasteiger partial charge < -0.3 is 16.4 Å². The summed E-state index contributed by atoms with van der Waals surface area (Å²) in [5.41, 5.74) is 7.93. The van der Waals surface area contributed by atoms with E-state index in [1.807, 2.05) is 29.5 Å². The molecule has 0 saturated carbocycles. The standard InChI is InChI=1S/C22H22N4O3S/c1-26(13-15-4-2-5-16(12-15)21(23)28)14-20(27)24-17-7-9-18(10-8-17)25-22(29)19-6-3-11-30-19/h2-12H,13-14H2,1H3,(H2,23,28)(H,24,27)(H,25,29). The average molecular weight is 423 g/mol. The van der Waals surface area contributed by atoms with Crippen LogP contribution in [0.4, 0.5) is 11.4 Å². The number of carbonyl (C=O) groups is 3. The number of benzene rings is 2. The number of hydrogen-bond donors (Lipinski definition) is 3. The number of likely N-dealkylation sites (N-methyl/N-ethyl adjacent to an activating group) is 1. The number of thiophene rings is 1. The fraction of sp³-hybridized carbons (Fsp3) is 0.136. The van der Waals surface area contributed by atoms with Crippen molar-refractivity contribution >= 4 is 40.4 Å². The van der Waals surface area contributed by atoms with Crippen molar-refractivity contribution in [3.05, 3.63) is 82.0 Å². The summed E-state index contributed by atoms with van der Waals surface area (Å²) in [6.07, 6.45) is 0. The van der Waals surface area contributed by atoms with Crippen molar-refractivity contribution < 1.29 is 14.4 Å². The van der Waals surface area contributed by atoms with Gasteiger partial charge in [0.05, 0.1) is 11.4 Å². The molecule has 3 rings (SSSR count). The molecule has 0 spiro atoms. The molecule has 0 bridgehead atoms. The highest BCUT2D eigenvalue weighted by Gasteiger charge is 2.10. The minimum absolute atomic E-state index is 0.163. The zero-order valence-corrected chi connectivity index (χ0v) is 17.2. The molecule has 1 heterocycles. The topological polar surface area (TPSA) is 105 Å². The van der Waals surface area contributed by atoms with Crippen molar-refractivity contribution in [2.24, 2.45) is 5.73 Å². The fourth-order valence-electron chi connectivity index (χ4n) is 2.87. The number of rotatable bonds is 8. The number of anilines is 2. The highest BCUT2D eigenvalue weighted by atomic mass is 32.1. The molecule has 30 heavy (non-hydrogen) atoms. The van der Waals surface area contributed by atoms with E-state index in [0.29, 0.717) is 28.4 Å². The summed E-state index contributed by atoms with van der Waals surface area (Å²) in [5.74, 6) is -0.810. The van der Waals surface area contributed by atoms with Crippen LogP contribution in [-0.2, 0) is 11.3 Å². The Balaban J connectivity index is 1.50. The van der Waals surface area contributed by atoms with E-state index in [1.165, 1.54) is 11.3 Å². The van der Waals surface area contributed by atoms with Gasteiger partial charge in [0.2, 0.25) is 11.8 Å². The molecule has 8 heteroatoms. The van der Waals surface area contributed by atoms with Crippen LogP contribution in [-0.4, -0.2) is 36.2 Å². The Morgan fingerprint density at radius 1 is 0.967 bits per heavy atom. The van der Waals surface area contributed by atoms with Crippen LogP contribution < -0.4 is 16.4 Å². The van der Waals surface area contributed by atoms with Gasteiger partial charge in [-0.1, -0.05) is 18.2 Å². The lowest BCUT2D eigenvalue weighted by Gasteiger charge is -2.17. The summed E-state index contributed by atoms with van der Waals surface area (Å²) in [4.78, 5) is 38.1. The van der Waals surface area contributed by atoms with E-state index < -0.39 is 5.91 Å². The minimum Gasteiger partial charge on any atom is -0.366 e. The molecule has 2 aromatic carbocycles. The molecule has 1 aromatic heterocycles. The van der Waals surface area contributed by atoms with E-state index in [4.69, 9.17) is 5.73 Å². The number of hydrogen-bond acceptors (Lipinski definition) is 5. The quantitative estimate of drug-likeness (QED) is 0.519. The fourth-order valence-corrected chi connectivity index (χ4v) is 3.49. The van der Waals surface area contributed by atoms with Gasteiger partial charge in [0.25, 0.3) is 5.91 Å². The SMILES string of the molecule is CN(CC(=O)Nc1ccc(NC(=O)c2cccs2)cc1)Cc1cccc(C(N)=O)c1. The Labute approximate surface area is 178 Å². The first kappa shape index (κ1) is 21.2. The summed E-state index contributed by atoms with van der Waals surface area (Å²) in [6.45, 7) is 0.680. The Morgan fingerprint density at radius 2 is 1.67 bits per heavy atom. The number of nitrogens with two attached hydrogens (primary N) is 1. The Kier molecular flexibility index (Phi) is 6.95. The molecular formula is C22H22N4O3S. The Morgan fingerprint density at radius 3 is 2.30 bits per heavy atom. The van der Waals surface area contributed by atoms with Crippen LogP contribution in [0.1, 0.15) is 25.6 Å². The second-order valence-corrected chi connectivity index (χ2v) is 7.74. The minimum atomic E-state index is -0.479. The van der Waals surface area contributed by atoms with Gasteiger partial charge in [-0.2, -0.15) is 0 Å². The van der Waals surface area contributed by atoms with Gasteiger partial charge in [0.1, 0.15) is 0 Å². The average Bonchev–Trinajstić information content (AvgIpc) is 3.24. The van der Waals surface area contributed by atoms with Crippen molar-refractivity contribution in [2.75, 3.05) is 24.2 Å². The molecule has 0 unspecified atom stereocenters. The van der Waals surface area contributed by atoms with Gasteiger partial charge in [-0.25, -0.2) is 0 Å². The molecular weight excluding hydrogens is 400 g/mol. The molecule has 0 saturated heterocycles. The molecule has 0 atom stereocenters. The summed E-state index contributed by atoms with van der Waals surface area (Å²) < 4.78 is 0. The van der Waals surface area contributed by atoms with Crippen LogP contribution in [0.15, 0.2) is 66.0 Å². The Bertz CT molecular complexity index is 1030. The number of nitrogens with zero attached hydrogens (tertiary/aromatic N) is 1. The van der Waals surface area contributed by atoms with Gasteiger partial charge in [-0.3, -0.25) is 19.3 Å². The summed E-state index contributed by atoms with van der Waals surface area (Å²) >= 11 is 1.37. The highest BCUT2D eigenvalue weighted by Crippen LogP contribution is 2.16. The van der Waals surface area contributed by atoms with E-state index in [9.17, 15) is 14.4 Å². The molecule has 4 N–H and O–H groups in total. The maximum Gasteiger partial charge on any atom is 0.265 e. The van der Waals surface area contributed by atoms with Crippen LogP contribution in [0.3, 0.4) is 0 Å². The molecule has 3 aromatic rings. The van der Waals surface area contributed by atoms with Crippen LogP contribution in [0, 0.1) is 0 Å². The van der Waals surface area contributed by atoms with Crippen molar-refractivity contribution in [3.63, 3.8) is 0 Å². The van der Waals surface area contributed by atoms with Crippen molar-refractivity contribution in [1.82, 2.24) is 4.90 Å². The van der Waals surface area contributed by atoms with Gasteiger partial charge >= 0.3 is 0 Å². The van der Waals surface area contributed by atoms with Crippen LogP contribution in [0.2, 0.25) is 0 Å². The molecule has 3 amide bonds. The van der Waals surface area contributed by atoms with E-state index in [1.54, 1.807) is 48.5 Å². The lowest BCUT2D eigenvalue weighted by Crippen LogP contribution is -2.29. The summed E-state index contributed by atoms with van der Waals surface area (Å²) in [7, 11) is 1.82. The molecule has 0 fully saturated rings. The Hall–Kier alpha value is -3.49. The molecule has 0 aliphatic rings. The van der Waals surface area contributed by atoms with Gasteiger partial charge in [0.15, 0.2) is 0 Å². The normalized spacial score (nSPS) is 10.6. The first-order valence-electron chi connectivity index (χ1n) is 9.23. The number of carbonyl (C=O) groups excluding carboxylic acids is 3. The van der Waals surface area contributed by atoms with Crippen LogP contribution >= 0.6 is 11.3 Å². The predicted molar refractivity (Wildman–Crippen MR) is 119 cm³/mol. The maximum absolute atomic E-state index is 12.3. The van der Waals surface area contributed by atoms with Crippen molar-refractivity contribution in [2.45, 2.75) is 6.54 Å². The monoisotopic (exact) mass is 422 g/mol. The number of nitrogens with one attached hydrogen (secondary N) is 2. The highest BCUT2D eigenvalue weighted by molar-refractivity contribution is 7.12. The third-order valence-corrected chi connectivity index (χ3v) is 5.12. The lowest BCUT2D eigenvalue weighted by molar-refractivity contribution is -0.117. The molecule has 7 nitrogen and oxygen atoms in total. The summed E-state index contributed by atoms with van der Waals surface area (Å²) in [6, 6.07) is 17.5. The van der Waals surface area contributed by atoms with Crippen molar-refractivity contribution in [3.8, 4) is 0 Å². The zero-order valence-electron chi connectivity index (χ0n) is 16.4. The van der Waals surface area contributed by atoms with Crippen LogP contribution in [0.25, 0.3) is 0 Å². The molecule has 0 radical (unpaired) electrons. The lowest BCUT2D eigenvalue weighted by atomic mass is 10.1. The number of amides is 3. The second kappa shape index (κ2) is 9.82.